The highest BCUT2D eigenvalue weighted by atomic mass is 16.5. The SMILES string of the molecule is O=C(O)N1CCC(Oc2ccc3c(c2)CCN(C2CCC2)CC3)CC1. The largest absolute Gasteiger partial charge is 0.490 e. The van der Waals surface area contributed by atoms with Crippen molar-refractivity contribution in [2.75, 3.05) is 26.2 Å². The van der Waals surface area contributed by atoms with Crippen LogP contribution < -0.4 is 4.74 Å². The van der Waals surface area contributed by atoms with Gasteiger partial charge in [0.25, 0.3) is 0 Å². The molecule has 4 rings (SSSR count). The monoisotopic (exact) mass is 344 g/mol. The molecule has 2 fully saturated rings. The van der Waals surface area contributed by atoms with Crippen LogP contribution in [0.1, 0.15) is 43.2 Å². The molecule has 5 heteroatoms. The second-order valence-electron chi connectivity index (χ2n) is 7.64. The summed E-state index contributed by atoms with van der Waals surface area (Å²) >= 11 is 0. The maximum atomic E-state index is 11.0. The van der Waals surface area contributed by atoms with E-state index < -0.39 is 6.09 Å². The van der Waals surface area contributed by atoms with Crippen LogP contribution in [0.25, 0.3) is 0 Å². The van der Waals surface area contributed by atoms with Crippen molar-refractivity contribution < 1.29 is 14.6 Å². The molecule has 1 saturated heterocycles. The molecule has 1 amide bonds. The van der Waals surface area contributed by atoms with Crippen LogP contribution in [-0.4, -0.2) is 59.3 Å². The molecule has 0 atom stereocenters. The Bertz CT molecular complexity index is 621. The number of rotatable bonds is 3. The Kier molecular flexibility index (Phi) is 4.84. The van der Waals surface area contributed by atoms with Crippen LogP contribution in [0.4, 0.5) is 4.79 Å². The molecule has 0 radical (unpaired) electrons. The van der Waals surface area contributed by atoms with E-state index in [1.807, 2.05) is 0 Å². The van der Waals surface area contributed by atoms with Crippen LogP contribution in [0.5, 0.6) is 5.75 Å². The Morgan fingerprint density at radius 1 is 1.00 bits per heavy atom. The van der Waals surface area contributed by atoms with Gasteiger partial charge >= 0.3 is 6.09 Å². The van der Waals surface area contributed by atoms with E-state index in [-0.39, 0.29) is 6.10 Å². The van der Waals surface area contributed by atoms with Crippen molar-refractivity contribution in [3.8, 4) is 5.75 Å². The van der Waals surface area contributed by atoms with E-state index in [1.165, 1.54) is 41.8 Å². The standard InChI is InChI=1S/C20H28N2O3/c23-20(24)22-12-8-18(9-13-22)25-19-5-4-15-6-10-21(17-2-1-3-17)11-7-16(15)14-19/h4-5,14,17-18H,1-3,6-13H2,(H,23,24). The normalized spacial score (nSPS) is 22.8. The van der Waals surface area contributed by atoms with Gasteiger partial charge in [0.05, 0.1) is 0 Å². The molecule has 0 aromatic heterocycles. The Labute approximate surface area is 149 Å². The Balaban J connectivity index is 1.35. The van der Waals surface area contributed by atoms with Crippen LogP contribution in [0.2, 0.25) is 0 Å². The number of hydrogen-bond acceptors (Lipinski definition) is 3. The molecule has 1 saturated carbocycles. The molecule has 25 heavy (non-hydrogen) atoms. The lowest BCUT2D eigenvalue weighted by atomic mass is 9.91. The molecule has 0 bridgehead atoms. The van der Waals surface area contributed by atoms with Gasteiger partial charge in [-0.3, -0.25) is 4.90 Å². The highest BCUT2D eigenvalue weighted by Crippen LogP contribution is 2.29. The third-order valence-electron chi connectivity index (χ3n) is 6.12. The fourth-order valence-corrected chi connectivity index (χ4v) is 4.27. The van der Waals surface area contributed by atoms with Crippen molar-refractivity contribution in [1.29, 1.82) is 0 Å². The van der Waals surface area contributed by atoms with Crippen LogP contribution in [0.3, 0.4) is 0 Å². The minimum Gasteiger partial charge on any atom is -0.490 e. The summed E-state index contributed by atoms with van der Waals surface area (Å²) in [7, 11) is 0. The third-order valence-corrected chi connectivity index (χ3v) is 6.12. The number of carbonyl (C=O) groups is 1. The fourth-order valence-electron chi connectivity index (χ4n) is 4.27. The third kappa shape index (κ3) is 3.76. The van der Waals surface area contributed by atoms with E-state index in [9.17, 15) is 4.79 Å². The summed E-state index contributed by atoms with van der Waals surface area (Å²) in [6.45, 7) is 3.49. The molecule has 1 N–H and O–H groups in total. The zero-order chi connectivity index (χ0) is 17.2. The van der Waals surface area contributed by atoms with Crippen molar-refractivity contribution >= 4 is 6.09 Å². The van der Waals surface area contributed by atoms with Crippen molar-refractivity contribution in [1.82, 2.24) is 9.80 Å². The summed E-state index contributed by atoms with van der Waals surface area (Å²) < 4.78 is 6.16. The second kappa shape index (κ2) is 7.24. The average molecular weight is 344 g/mol. The van der Waals surface area contributed by atoms with Crippen LogP contribution >= 0.6 is 0 Å². The van der Waals surface area contributed by atoms with E-state index in [0.717, 1.165) is 44.0 Å². The number of fused-ring (bicyclic) bond motifs is 1. The van der Waals surface area contributed by atoms with Gasteiger partial charge in [0.2, 0.25) is 0 Å². The van der Waals surface area contributed by atoms with Gasteiger partial charge in [-0.2, -0.15) is 0 Å². The number of piperidine rings is 1. The summed E-state index contributed by atoms with van der Waals surface area (Å²) in [5, 5.41) is 9.04. The van der Waals surface area contributed by atoms with Gasteiger partial charge in [0.1, 0.15) is 11.9 Å². The number of benzene rings is 1. The minimum absolute atomic E-state index is 0.130. The first kappa shape index (κ1) is 16.7. The van der Waals surface area contributed by atoms with E-state index in [4.69, 9.17) is 9.84 Å². The topological polar surface area (TPSA) is 53.0 Å². The van der Waals surface area contributed by atoms with E-state index >= 15 is 0 Å². The van der Waals surface area contributed by atoms with Gasteiger partial charge in [-0.25, -0.2) is 4.79 Å². The number of nitrogens with zero attached hydrogens (tertiary/aromatic N) is 2. The molecule has 3 aliphatic rings. The molecule has 5 nitrogen and oxygen atoms in total. The number of carboxylic acid groups (broad SMARTS) is 1. The Hall–Kier alpha value is -1.75. The zero-order valence-corrected chi connectivity index (χ0v) is 14.8. The van der Waals surface area contributed by atoms with Gasteiger partial charge in [0, 0.05) is 45.1 Å². The highest BCUT2D eigenvalue weighted by molar-refractivity contribution is 5.65. The van der Waals surface area contributed by atoms with E-state index in [0.29, 0.717) is 13.1 Å². The number of hydrogen-bond donors (Lipinski definition) is 1. The van der Waals surface area contributed by atoms with Crippen LogP contribution in [-0.2, 0) is 12.8 Å². The van der Waals surface area contributed by atoms with Crippen LogP contribution in [0.15, 0.2) is 18.2 Å². The Morgan fingerprint density at radius 3 is 2.36 bits per heavy atom. The van der Waals surface area contributed by atoms with Gasteiger partial charge in [-0.1, -0.05) is 12.5 Å². The fraction of sp³-hybridized carbons (Fsp3) is 0.650. The van der Waals surface area contributed by atoms with Crippen molar-refractivity contribution in [3.63, 3.8) is 0 Å². The molecule has 136 valence electrons. The van der Waals surface area contributed by atoms with Crippen LogP contribution in [0, 0.1) is 0 Å². The first-order valence-corrected chi connectivity index (χ1v) is 9.69. The first-order chi connectivity index (χ1) is 12.2. The molecule has 1 aromatic rings. The molecular weight excluding hydrogens is 316 g/mol. The molecule has 2 aliphatic heterocycles. The van der Waals surface area contributed by atoms with Gasteiger partial charge < -0.3 is 14.7 Å². The lowest BCUT2D eigenvalue weighted by Crippen LogP contribution is -2.41. The summed E-state index contributed by atoms with van der Waals surface area (Å²) in [5.41, 5.74) is 2.90. The quantitative estimate of drug-likeness (QED) is 0.915. The smallest absolute Gasteiger partial charge is 0.407 e. The van der Waals surface area contributed by atoms with Crippen molar-refractivity contribution in [2.45, 2.75) is 57.1 Å². The second-order valence-corrected chi connectivity index (χ2v) is 7.64. The lowest BCUT2D eigenvalue weighted by Gasteiger charge is -2.36. The molecule has 1 aromatic carbocycles. The Morgan fingerprint density at radius 2 is 1.72 bits per heavy atom. The molecular formula is C20H28N2O3. The number of ether oxygens (including phenoxy) is 1. The summed E-state index contributed by atoms with van der Waals surface area (Å²) in [5.74, 6) is 0.949. The predicted molar refractivity (Wildman–Crippen MR) is 96.3 cm³/mol. The molecule has 0 unspecified atom stereocenters. The van der Waals surface area contributed by atoms with Gasteiger partial charge in [0.15, 0.2) is 0 Å². The summed E-state index contributed by atoms with van der Waals surface area (Å²) in [6.07, 6.45) is 7.26. The first-order valence-electron chi connectivity index (χ1n) is 9.69. The van der Waals surface area contributed by atoms with E-state index in [1.54, 1.807) is 0 Å². The lowest BCUT2D eigenvalue weighted by molar-refractivity contribution is 0.0894. The molecule has 1 aliphatic carbocycles. The van der Waals surface area contributed by atoms with Gasteiger partial charge in [-0.15, -0.1) is 0 Å². The zero-order valence-electron chi connectivity index (χ0n) is 14.8. The van der Waals surface area contributed by atoms with Crippen molar-refractivity contribution in [2.24, 2.45) is 0 Å². The van der Waals surface area contributed by atoms with Crippen molar-refractivity contribution in [3.05, 3.63) is 29.3 Å². The number of likely N-dealkylation sites (tertiary alicyclic amines) is 1. The average Bonchev–Trinajstić information content (AvgIpc) is 2.77. The highest BCUT2D eigenvalue weighted by Gasteiger charge is 2.27. The maximum absolute atomic E-state index is 11.0. The summed E-state index contributed by atoms with van der Waals surface area (Å²) in [6, 6.07) is 7.38. The molecule has 0 spiro atoms. The van der Waals surface area contributed by atoms with E-state index in [2.05, 4.69) is 23.1 Å². The predicted octanol–water partition coefficient (Wildman–Crippen LogP) is 3.16. The maximum Gasteiger partial charge on any atom is 0.407 e. The summed E-state index contributed by atoms with van der Waals surface area (Å²) in [4.78, 5) is 15.1. The molecule has 2 heterocycles. The number of amides is 1. The minimum atomic E-state index is -0.820. The van der Waals surface area contributed by atoms with Gasteiger partial charge in [-0.05, 0) is 48.9 Å².